The SMILES string of the molecule is COC(=O)CS(=O)(=O)Nc1cccc(F)n1. The summed E-state index contributed by atoms with van der Waals surface area (Å²) in [5.74, 6) is -2.77. The Hall–Kier alpha value is -1.70. The molecule has 0 amide bonds. The first-order valence-corrected chi connectivity index (χ1v) is 5.78. The highest BCUT2D eigenvalue weighted by atomic mass is 32.2. The summed E-state index contributed by atoms with van der Waals surface area (Å²) in [4.78, 5) is 14.0. The molecule has 1 heterocycles. The van der Waals surface area contributed by atoms with Gasteiger partial charge in [-0.05, 0) is 12.1 Å². The summed E-state index contributed by atoms with van der Waals surface area (Å²) < 4.78 is 41.4. The van der Waals surface area contributed by atoms with Gasteiger partial charge in [0.05, 0.1) is 7.11 Å². The highest BCUT2D eigenvalue weighted by Gasteiger charge is 2.17. The van der Waals surface area contributed by atoms with Crippen molar-refractivity contribution in [3.63, 3.8) is 0 Å². The molecule has 0 fully saturated rings. The highest BCUT2D eigenvalue weighted by Crippen LogP contribution is 2.06. The monoisotopic (exact) mass is 248 g/mol. The van der Waals surface area contributed by atoms with Gasteiger partial charge in [0, 0.05) is 0 Å². The summed E-state index contributed by atoms with van der Waals surface area (Å²) in [6, 6.07) is 3.62. The van der Waals surface area contributed by atoms with Crippen LogP contribution in [0.4, 0.5) is 10.2 Å². The maximum atomic E-state index is 12.6. The van der Waals surface area contributed by atoms with Gasteiger partial charge in [-0.2, -0.15) is 4.39 Å². The van der Waals surface area contributed by atoms with Crippen molar-refractivity contribution in [3.05, 3.63) is 24.1 Å². The van der Waals surface area contributed by atoms with Crippen LogP contribution in [0.1, 0.15) is 0 Å². The number of pyridine rings is 1. The number of halogens is 1. The minimum absolute atomic E-state index is 0.191. The molecule has 1 rings (SSSR count). The number of anilines is 1. The summed E-state index contributed by atoms with van der Waals surface area (Å²) in [5, 5.41) is 0. The molecule has 1 N–H and O–H groups in total. The molecule has 1 aromatic rings. The number of hydrogen-bond acceptors (Lipinski definition) is 5. The van der Waals surface area contributed by atoms with Crippen molar-refractivity contribution < 1.29 is 22.3 Å². The van der Waals surface area contributed by atoms with Crippen molar-refractivity contribution in [2.24, 2.45) is 0 Å². The van der Waals surface area contributed by atoms with Crippen LogP contribution in [0.25, 0.3) is 0 Å². The number of methoxy groups -OCH3 is 1. The number of aromatic nitrogens is 1. The molecule has 0 aliphatic rings. The Labute approximate surface area is 91.5 Å². The third-order valence-corrected chi connectivity index (χ3v) is 2.65. The van der Waals surface area contributed by atoms with Gasteiger partial charge in [-0.1, -0.05) is 6.07 Å². The molecule has 0 aliphatic heterocycles. The fourth-order valence-electron chi connectivity index (χ4n) is 0.875. The summed E-state index contributed by atoms with van der Waals surface area (Å²) >= 11 is 0. The van der Waals surface area contributed by atoms with E-state index >= 15 is 0 Å². The topological polar surface area (TPSA) is 85.4 Å². The molecule has 0 spiro atoms. The molecule has 0 aliphatic carbocycles. The standard InChI is InChI=1S/C8H9FN2O4S/c1-15-8(12)5-16(13,14)11-7-4-2-3-6(9)10-7/h2-4H,5H2,1H3,(H,10,11). The van der Waals surface area contributed by atoms with Crippen LogP contribution in [0.15, 0.2) is 18.2 Å². The van der Waals surface area contributed by atoms with E-state index in [0.717, 1.165) is 13.2 Å². The molecule has 88 valence electrons. The molecular formula is C8H9FN2O4S. The minimum atomic E-state index is -3.92. The zero-order valence-electron chi connectivity index (χ0n) is 8.31. The molecular weight excluding hydrogens is 239 g/mol. The van der Waals surface area contributed by atoms with E-state index in [1.165, 1.54) is 12.1 Å². The summed E-state index contributed by atoms with van der Waals surface area (Å²) in [7, 11) is -2.85. The first-order chi connectivity index (χ1) is 7.43. The normalized spacial score (nSPS) is 10.9. The second-order valence-corrected chi connectivity index (χ2v) is 4.51. The first-order valence-electron chi connectivity index (χ1n) is 4.13. The van der Waals surface area contributed by atoms with Crippen LogP contribution in [0.3, 0.4) is 0 Å². The van der Waals surface area contributed by atoms with E-state index in [2.05, 4.69) is 9.72 Å². The smallest absolute Gasteiger partial charge is 0.322 e. The van der Waals surface area contributed by atoms with Crippen molar-refractivity contribution in [2.45, 2.75) is 0 Å². The van der Waals surface area contributed by atoms with Crippen molar-refractivity contribution in [1.29, 1.82) is 0 Å². The second-order valence-electron chi connectivity index (χ2n) is 2.78. The number of nitrogens with one attached hydrogen (secondary N) is 1. The number of esters is 1. The zero-order chi connectivity index (χ0) is 12.2. The third-order valence-electron chi connectivity index (χ3n) is 1.51. The van der Waals surface area contributed by atoms with Crippen LogP contribution in [-0.2, 0) is 19.6 Å². The fraction of sp³-hybridized carbons (Fsp3) is 0.250. The Morgan fingerprint density at radius 1 is 1.56 bits per heavy atom. The molecule has 16 heavy (non-hydrogen) atoms. The van der Waals surface area contributed by atoms with Crippen molar-refractivity contribution >= 4 is 21.8 Å². The lowest BCUT2D eigenvalue weighted by Crippen LogP contribution is -2.24. The summed E-state index contributed by atoms with van der Waals surface area (Å²) in [5.41, 5.74) is 0. The lowest BCUT2D eigenvalue weighted by atomic mass is 10.5. The lowest BCUT2D eigenvalue weighted by Gasteiger charge is -2.05. The third kappa shape index (κ3) is 3.81. The Bertz CT molecular complexity index is 489. The average molecular weight is 248 g/mol. The van der Waals surface area contributed by atoms with Gasteiger partial charge < -0.3 is 4.74 Å². The van der Waals surface area contributed by atoms with E-state index in [0.29, 0.717) is 0 Å². The Morgan fingerprint density at radius 2 is 2.25 bits per heavy atom. The molecule has 0 saturated heterocycles. The lowest BCUT2D eigenvalue weighted by molar-refractivity contribution is -0.137. The summed E-state index contributed by atoms with van der Waals surface area (Å²) in [6.07, 6.45) is 0. The molecule has 1 aromatic heterocycles. The molecule has 0 bridgehead atoms. The van der Waals surface area contributed by atoms with E-state index in [1.807, 2.05) is 4.72 Å². The first kappa shape index (κ1) is 12.4. The van der Waals surface area contributed by atoms with Gasteiger partial charge in [0.15, 0.2) is 5.75 Å². The Morgan fingerprint density at radius 3 is 2.81 bits per heavy atom. The quantitative estimate of drug-likeness (QED) is 0.605. The van der Waals surface area contributed by atoms with Gasteiger partial charge in [-0.25, -0.2) is 13.4 Å². The van der Waals surface area contributed by atoms with Crippen LogP contribution in [0.2, 0.25) is 0 Å². The number of sulfonamides is 1. The number of carbonyl (C=O) groups excluding carboxylic acids is 1. The van der Waals surface area contributed by atoms with E-state index in [-0.39, 0.29) is 5.82 Å². The predicted molar refractivity (Wildman–Crippen MR) is 53.6 cm³/mol. The average Bonchev–Trinajstić information content (AvgIpc) is 2.15. The van der Waals surface area contributed by atoms with E-state index in [1.54, 1.807) is 0 Å². The number of rotatable bonds is 4. The van der Waals surface area contributed by atoms with Crippen molar-refractivity contribution in [3.8, 4) is 0 Å². The van der Waals surface area contributed by atoms with Gasteiger partial charge >= 0.3 is 5.97 Å². The van der Waals surface area contributed by atoms with Crippen LogP contribution in [0, 0.1) is 5.95 Å². The number of ether oxygens (including phenoxy) is 1. The summed E-state index contributed by atoms with van der Waals surface area (Å²) in [6.45, 7) is 0. The molecule has 6 nitrogen and oxygen atoms in total. The molecule has 0 unspecified atom stereocenters. The maximum absolute atomic E-state index is 12.6. The largest absolute Gasteiger partial charge is 0.468 e. The van der Waals surface area contributed by atoms with E-state index in [4.69, 9.17) is 0 Å². The Balaban J connectivity index is 2.77. The number of nitrogens with zero attached hydrogens (tertiary/aromatic N) is 1. The minimum Gasteiger partial charge on any atom is -0.468 e. The van der Waals surface area contributed by atoms with Crippen LogP contribution >= 0.6 is 0 Å². The zero-order valence-corrected chi connectivity index (χ0v) is 9.12. The van der Waals surface area contributed by atoms with Gasteiger partial charge in [-0.15, -0.1) is 0 Å². The maximum Gasteiger partial charge on any atom is 0.322 e. The van der Waals surface area contributed by atoms with Gasteiger partial charge in [-0.3, -0.25) is 9.52 Å². The van der Waals surface area contributed by atoms with E-state index in [9.17, 15) is 17.6 Å². The van der Waals surface area contributed by atoms with Crippen molar-refractivity contribution in [2.75, 3.05) is 17.6 Å². The molecule has 0 atom stereocenters. The van der Waals surface area contributed by atoms with E-state index < -0.39 is 27.7 Å². The van der Waals surface area contributed by atoms with Gasteiger partial charge in [0.2, 0.25) is 16.0 Å². The van der Waals surface area contributed by atoms with Gasteiger partial charge in [0.25, 0.3) is 0 Å². The predicted octanol–water partition coefficient (Wildman–Crippen LogP) is 0.135. The molecule has 0 saturated carbocycles. The highest BCUT2D eigenvalue weighted by molar-refractivity contribution is 7.93. The van der Waals surface area contributed by atoms with Crippen LogP contribution in [0.5, 0.6) is 0 Å². The second kappa shape index (κ2) is 4.88. The molecule has 0 aromatic carbocycles. The number of carbonyl (C=O) groups is 1. The van der Waals surface area contributed by atoms with Crippen molar-refractivity contribution in [1.82, 2.24) is 4.98 Å². The molecule has 8 heteroatoms. The Kier molecular flexibility index (Phi) is 3.78. The van der Waals surface area contributed by atoms with Crippen LogP contribution in [-0.4, -0.2) is 32.2 Å². The van der Waals surface area contributed by atoms with Crippen LogP contribution < -0.4 is 4.72 Å². The fourth-order valence-corrected chi connectivity index (χ4v) is 1.81. The molecule has 0 radical (unpaired) electrons. The number of hydrogen-bond donors (Lipinski definition) is 1. The van der Waals surface area contributed by atoms with Gasteiger partial charge in [0.1, 0.15) is 5.82 Å².